The summed E-state index contributed by atoms with van der Waals surface area (Å²) in [6.45, 7) is 3.65. The van der Waals surface area contributed by atoms with Crippen LogP contribution in [0, 0.1) is 0 Å². The van der Waals surface area contributed by atoms with Crippen LogP contribution in [0.1, 0.15) is 18.0 Å². The molecule has 0 radical (unpaired) electrons. The first-order valence-electron chi connectivity index (χ1n) is 3.96. The van der Waals surface area contributed by atoms with Crippen molar-refractivity contribution in [3.8, 4) is 0 Å². The van der Waals surface area contributed by atoms with Crippen LogP contribution in [0.3, 0.4) is 0 Å². The van der Waals surface area contributed by atoms with Gasteiger partial charge in [-0.3, -0.25) is 0 Å². The molecule has 2 N–H and O–H groups in total. The lowest BCUT2D eigenvalue weighted by molar-refractivity contribution is 0.741. The van der Waals surface area contributed by atoms with Crippen LogP contribution in [-0.2, 0) is 0 Å². The summed E-state index contributed by atoms with van der Waals surface area (Å²) in [6, 6.07) is 5.72. The molecule has 1 aromatic rings. The Morgan fingerprint density at radius 1 is 1.62 bits per heavy atom. The van der Waals surface area contributed by atoms with Crippen molar-refractivity contribution in [1.82, 2.24) is 0 Å². The highest BCUT2D eigenvalue weighted by Crippen LogP contribution is 2.26. The SMILES string of the molecule is C=CC[C@H](N)c1ccc(Cl)c(Br)c1. The van der Waals surface area contributed by atoms with Crippen molar-refractivity contribution in [2.45, 2.75) is 12.5 Å². The summed E-state index contributed by atoms with van der Waals surface area (Å²) in [5.74, 6) is 0. The predicted octanol–water partition coefficient (Wildman–Crippen LogP) is 3.68. The van der Waals surface area contributed by atoms with Gasteiger partial charge in [-0.1, -0.05) is 23.7 Å². The van der Waals surface area contributed by atoms with Gasteiger partial charge in [0.1, 0.15) is 0 Å². The van der Waals surface area contributed by atoms with Crippen molar-refractivity contribution in [1.29, 1.82) is 0 Å². The molecule has 0 heterocycles. The van der Waals surface area contributed by atoms with Gasteiger partial charge >= 0.3 is 0 Å². The molecule has 0 aliphatic carbocycles. The van der Waals surface area contributed by atoms with Gasteiger partial charge in [-0.2, -0.15) is 0 Å². The second-order valence-corrected chi connectivity index (χ2v) is 4.07. The molecule has 70 valence electrons. The number of rotatable bonds is 3. The first kappa shape index (κ1) is 10.8. The van der Waals surface area contributed by atoms with Gasteiger partial charge in [-0.05, 0) is 40.0 Å². The zero-order valence-corrected chi connectivity index (χ0v) is 9.48. The van der Waals surface area contributed by atoms with Crippen LogP contribution >= 0.6 is 27.5 Å². The van der Waals surface area contributed by atoms with E-state index in [1.165, 1.54) is 0 Å². The Balaban J connectivity index is 2.89. The van der Waals surface area contributed by atoms with Crippen molar-refractivity contribution in [2.75, 3.05) is 0 Å². The summed E-state index contributed by atoms with van der Waals surface area (Å²) in [6.07, 6.45) is 2.58. The number of nitrogens with two attached hydrogens (primary N) is 1. The number of halogens is 2. The van der Waals surface area contributed by atoms with Crippen LogP contribution in [0.2, 0.25) is 5.02 Å². The predicted molar refractivity (Wildman–Crippen MR) is 60.9 cm³/mol. The van der Waals surface area contributed by atoms with E-state index in [4.69, 9.17) is 17.3 Å². The molecule has 1 nitrogen and oxygen atoms in total. The van der Waals surface area contributed by atoms with E-state index in [0.717, 1.165) is 16.5 Å². The molecular formula is C10H11BrClN. The lowest BCUT2D eigenvalue weighted by Gasteiger charge is -2.09. The van der Waals surface area contributed by atoms with E-state index < -0.39 is 0 Å². The van der Waals surface area contributed by atoms with E-state index in [1.807, 2.05) is 24.3 Å². The Labute approximate surface area is 91.7 Å². The molecule has 0 unspecified atom stereocenters. The molecule has 1 aromatic carbocycles. The van der Waals surface area contributed by atoms with Crippen LogP contribution in [0.25, 0.3) is 0 Å². The molecule has 0 fully saturated rings. The normalized spacial score (nSPS) is 12.5. The molecule has 0 saturated carbocycles. The molecule has 0 aromatic heterocycles. The van der Waals surface area contributed by atoms with E-state index in [9.17, 15) is 0 Å². The second-order valence-electron chi connectivity index (χ2n) is 2.80. The Morgan fingerprint density at radius 3 is 2.85 bits per heavy atom. The maximum absolute atomic E-state index is 5.89. The van der Waals surface area contributed by atoms with Crippen LogP contribution in [0.5, 0.6) is 0 Å². The summed E-state index contributed by atoms with van der Waals surface area (Å²) in [5.41, 5.74) is 6.96. The van der Waals surface area contributed by atoms with Crippen LogP contribution in [0.15, 0.2) is 35.3 Å². The van der Waals surface area contributed by atoms with Gasteiger partial charge in [-0.15, -0.1) is 6.58 Å². The van der Waals surface area contributed by atoms with Gasteiger partial charge in [0, 0.05) is 10.5 Å². The van der Waals surface area contributed by atoms with Gasteiger partial charge in [0.2, 0.25) is 0 Å². The molecule has 3 heteroatoms. The van der Waals surface area contributed by atoms with E-state index >= 15 is 0 Å². The second kappa shape index (κ2) is 4.80. The summed E-state index contributed by atoms with van der Waals surface area (Å²) >= 11 is 9.21. The quantitative estimate of drug-likeness (QED) is 0.825. The van der Waals surface area contributed by atoms with Gasteiger partial charge in [0.25, 0.3) is 0 Å². The lowest BCUT2D eigenvalue weighted by Crippen LogP contribution is -2.08. The van der Waals surface area contributed by atoms with Gasteiger partial charge in [0.15, 0.2) is 0 Å². The highest BCUT2D eigenvalue weighted by Gasteiger charge is 2.05. The lowest BCUT2D eigenvalue weighted by atomic mass is 10.1. The van der Waals surface area contributed by atoms with Crippen molar-refractivity contribution in [3.05, 3.63) is 45.9 Å². The standard InChI is InChI=1S/C10H11BrClN/c1-2-3-10(13)7-4-5-9(12)8(11)6-7/h2,4-6,10H,1,3,13H2/t10-/m0/s1. The van der Waals surface area contributed by atoms with Crippen molar-refractivity contribution in [2.24, 2.45) is 5.73 Å². The fourth-order valence-corrected chi connectivity index (χ4v) is 1.57. The van der Waals surface area contributed by atoms with Gasteiger partial charge in [-0.25, -0.2) is 0 Å². The van der Waals surface area contributed by atoms with E-state index in [2.05, 4.69) is 22.5 Å². The van der Waals surface area contributed by atoms with Crippen molar-refractivity contribution >= 4 is 27.5 Å². The van der Waals surface area contributed by atoms with Gasteiger partial charge < -0.3 is 5.73 Å². The smallest absolute Gasteiger partial charge is 0.0548 e. The van der Waals surface area contributed by atoms with Crippen molar-refractivity contribution < 1.29 is 0 Å². The average Bonchev–Trinajstić information content (AvgIpc) is 2.10. The average molecular weight is 261 g/mol. The Morgan fingerprint density at radius 2 is 2.31 bits per heavy atom. The number of hydrogen-bond donors (Lipinski definition) is 1. The third-order valence-corrected chi connectivity index (χ3v) is 3.01. The minimum Gasteiger partial charge on any atom is -0.324 e. The van der Waals surface area contributed by atoms with Gasteiger partial charge in [0.05, 0.1) is 5.02 Å². The van der Waals surface area contributed by atoms with E-state index in [1.54, 1.807) is 0 Å². The maximum Gasteiger partial charge on any atom is 0.0548 e. The zero-order valence-electron chi connectivity index (χ0n) is 7.13. The molecule has 0 saturated heterocycles. The van der Waals surface area contributed by atoms with Crippen LogP contribution in [-0.4, -0.2) is 0 Å². The maximum atomic E-state index is 5.89. The van der Waals surface area contributed by atoms with E-state index in [0.29, 0.717) is 5.02 Å². The van der Waals surface area contributed by atoms with Crippen LogP contribution in [0.4, 0.5) is 0 Å². The molecule has 0 bridgehead atoms. The molecule has 1 atom stereocenters. The van der Waals surface area contributed by atoms with Crippen molar-refractivity contribution in [3.63, 3.8) is 0 Å². The van der Waals surface area contributed by atoms with Crippen LogP contribution < -0.4 is 5.73 Å². The summed E-state index contributed by atoms with van der Waals surface area (Å²) in [5, 5.41) is 0.703. The molecule has 13 heavy (non-hydrogen) atoms. The molecule has 0 amide bonds. The topological polar surface area (TPSA) is 26.0 Å². The summed E-state index contributed by atoms with van der Waals surface area (Å²) in [4.78, 5) is 0. The molecule has 1 rings (SSSR count). The highest BCUT2D eigenvalue weighted by molar-refractivity contribution is 9.10. The molecular weight excluding hydrogens is 249 g/mol. The molecule has 0 aliphatic heterocycles. The number of benzene rings is 1. The molecule has 0 aliphatic rings. The largest absolute Gasteiger partial charge is 0.324 e. The Kier molecular flexibility index (Phi) is 3.97. The minimum absolute atomic E-state index is 0.00562. The first-order chi connectivity index (χ1) is 6.15. The summed E-state index contributed by atoms with van der Waals surface area (Å²) < 4.78 is 0.881. The van der Waals surface area contributed by atoms with E-state index in [-0.39, 0.29) is 6.04 Å². The third kappa shape index (κ3) is 2.83. The highest BCUT2D eigenvalue weighted by atomic mass is 79.9. The first-order valence-corrected chi connectivity index (χ1v) is 5.13. The fourth-order valence-electron chi connectivity index (χ4n) is 1.06. The number of hydrogen-bond acceptors (Lipinski definition) is 1. The molecule has 0 spiro atoms. The third-order valence-electron chi connectivity index (χ3n) is 1.79. The summed E-state index contributed by atoms with van der Waals surface area (Å²) in [7, 11) is 0. The zero-order chi connectivity index (χ0) is 9.84. The monoisotopic (exact) mass is 259 g/mol. The fraction of sp³-hybridized carbons (Fsp3) is 0.200. The Hall–Kier alpha value is -0.310. The minimum atomic E-state index is 0.00562. The Bertz CT molecular complexity index is 312.